The van der Waals surface area contributed by atoms with Crippen LogP contribution in [0.1, 0.15) is 20.8 Å². The van der Waals surface area contributed by atoms with Crippen molar-refractivity contribution in [3.8, 4) is 0 Å². The molecular formula is C18H38NO7PS. The monoisotopic (exact) mass is 443 g/mol. The third kappa shape index (κ3) is 12.8. The minimum Gasteiger partial charge on any atom is -0.378 e. The lowest BCUT2D eigenvalue weighted by Crippen LogP contribution is -2.32. The summed E-state index contributed by atoms with van der Waals surface area (Å²) >= 11 is 4.47. The van der Waals surface area contributed by atoms with Gasteiger partial charge in [0.05, 0.1) is 72.7 Å². The Labute approximate surface area is 175 Å². The quantitative estimate of drug-likeness (QED) is 0.513. The van der Waals surface area contributed by atoms with Crippen LogP contribution in [0.3, 0.4) is 0 Å². The highest BCUT2D eigenvalue weighted by molar-refractivity contribution is 7.81. The molecule has 1 rings (SSSR count). The molecule has 0 N–H and O–H groups in total. The van der Waals surface area contributed by atoms with Crippen LogP contribution in [-0.4, -0.2) is 101 Å². The van der Waals surface area contributed by atoms with E-state index in [2.05, 4.69) is 12.6 Å². The Morgan fingerprint density at radius 3 is 1.50 bits per heavy atom. The second-order valence-electron chi connectivity index (χ2n) is 7.06. The summed E-state index contributed by atoms with van der Waals surface area (Å²) in [5.74, 6) is 0. The van der Waals surface area contributed by atoms with Gasteiger partial charge in [0.25, 0.3) is 7.52 Å². The van der Waals surface area contributed by atoms with Gasteiger partial charge in [-0.15, -0.1) is 0 Å². The summed E-state index contributed by atoms with van der Waals surface area (Å²) in [5.41, 5.74) is 0. The van der Waals surface area contributed by atoms with Crippen molar-refractivity contribution >= 4 is 20.1 Å². The molecule has 1 atom stereocenters. The van der Waals surface area contributed by atoms with E-state index in [1.165, 1.54) is 0 Å². The fourth-order valence-corrected chi connectivity index (χ4v) is 4.58. The molecule has 0 saturated carbocycles. The molecule has 0 bridgehead atoms. The molecule has 0 radical (unpaired) electrons. The third-order valence-electron chi connectivity index (χ3n) is 3.93. The first kappa shape index (κ1) is 26.3. The highest BCUT2D eigenvalue weighted by Gasteiger charge is 2.31. The summed E-state index contributed by atoms with van der Waals surface area (Å²) in [5, 5.41) is 0. The van der Waals surface area contributed by atoms with Gasteiger partial charge in [-0.1, -0.05) is 6.92 Å². The van der Waals surface area contributed by atoms with Crippen LogP contribution in [0.4, 0.5) is 0 Å². The number of ether oxygens (including phenoxy) is 5. The van der Waals surface area contributed by atoms with Gasteiger partial charge >= 0.3 is 0 Å². The first-order chi connectivity index (χ1) is 13.4. The Kier molecular flexibility index (Phi) is 14.3. The second-order valence-corrected chi connectivity index (χ2v) is 11.0. The number of hydrogen-bond donors (Lipinski definition) is 1. The SMILES string of the molecule is CCP(=O)(OCC(C)(C)S)N1CCOCCOCCOCCOCCOCC1. The van der Waals surface area contributed by atoms with E-state index in [-0.39, 0.29) is 4.75 Å². The molecule has 0 aliphatic carbocycles. The van der Waals surface area contributed by atoms with Gasteiger partial charge in [-0.05, 0) is 13.8 Å². The molecule has 28 heavy (non-hydrogen) atoms. The zero-order valence-corrected chi connectivity index (χ0v) is 19.4. The van der Waals surface area contributed by atoms with E-state index in [0.717, 1.165) is 0 Å². The third-order valence-corrected chi connectivity index (χ3v) is 6.65. The minimum absolute atomic E-state index is 0.309. The second kappa shape index (κ2) is 15.2. The molecule has 1 fully saturated rings. The predicted octanol–water partition coefficient (Wildman–Crippen LogP) is 2.32. The largest absolute Gasteiger partial charge is 0.378 e. The van der Waals surface area contributed by atoms with E-state index in [9.17, 15) is 4.57 Å². The van der Waals surface area contributed by atoms with Crippen molar-refractivity contribution in [3.05, 3.63) is 0 Å². The predicted molar refractivity (Wildman–Crippen MR) is 113 cm³/mol. The summed E-state index contributed by atoms with van der Waals surface area (Å²) in [6, 6.07) is 0. The molecule has 1 aliphatic rings. The first-order valence-corrected chi connectivity index (χ1v) is 12.2. The van der Waals surface area contributed by atoms with Crippen LogP contribution in [0.2, 0.25) is 0 Å². The molecular weight excluding hydrogens is 405 g/mol. The number of rotatable bonds is 5. The van der Waals surface area contributed by atoms with Gasteiger partial charge in [0.1, 0.15) is 0 Å². The number of hydrogen-bond acceptors (Lipinski definition) is 8. The molecule has 1 saturated heterocycles. The highest BCUT2D eigenvalue weighted by atomic mass is 32.1. The van der Waals surface area contributed by atoms with Crippen LogP contribution in [0, 0.1) is 0 Å². The van der Waals surface area contributed by atoms with Crippen molar-refractivity contribution in [2.45, 2.75) is 25.5 Å². The lowest BCUT2D eigenvalue weighted by molar-refractivity contribution is -0.0157. The van der Waals surface area contributed by atoms with Gasteiger partial charge in [-0.2, -0.15) is 12.6 Å². The molecule has 1 heterocycles. The molecule has 0 spiro atoms. The standard InChI is InChI=1S/C18H38NO7PS/c1-4-27(20,26-17-18(2,3)28)19-5-7-21-9-11-23-13-15-25-16-14-24-12-10-22-8-6-19/h28H,4-17H2,1-3H3. The minimum atomic E-state index is -2.98. The maximum Gasteiger partial charge on any atom is 0.272 e. The van der Waals surface area contributed by atoms with Crippen molar-refractivity contribution in [3.63, 3.8) is 0 Å². The summed E-state index contributed by atoms with van der Waals surface area (Å²) in [7, 11) is -2.98. The average Bonchev–Trinajstić information content (AvgIpc) is 2.65. The summed E-state index contributed by atoms with van der Waals surface area (Å²) in [4.78, 5) is 0. The Hall–Kier alpha value is 0.300. The van der Waals surface area contributed by atoms with Gasteiger partial charge in [-0.3, -0.25) is 4.57 Å². The number of nitrogens with zero attached hydrogens (tertiary/aromatic N) is 1. The van der Waals surface area contributed by atoms with Crippen molar-refractivity contribution in [2.24, 2.45) is 0 Å². The van der Waals surface area contributed by atoms with Crippen molar-refractivity contribution in [1.29, 1.82) is 0 Å². The molecule has 1 aliphatic heterocycles. The molecule has 8 nitrogen and oxygen atoms in total. The number of thiol groups is 1. The van der Waals surface area contributed by atoms with E-state index < -0.39 is 7.52 Å². The van der Waals surface area contributed by atoms with E-state index in [4.69, 9.17) is 28.2 Å². The van der Waals surface area contributed by atoms with Crippen LogP contribution < -0.4 is 0 Å². The van der Waals surface area contributed by atoms with E-state index in [1.807, 2.05) is 25.4 Å². The fraction of sp³-hybridized carbons (Fsp3) is 1.00. The first-order valence-electron chi connectivity index (χ1n) is 9.97. The summed E-state index contributed by atoms with van der Waals surface area (Å²) < 4.78 is 48.3. The summed E-state index contributed by atoms with van der Waals surface area (Å²) in [6.45, 7) is 12.0. The van der Waals surface area contributed by atoms with Crippen LogP contribution >= 0.6 is 20.1 Å². The highest BCUT2D eigenvalue weighted by Crippen LogP contribution is 2.50. The summed E-state index contributed by atoms with van der Waals surface area (Å²) in [6.07, 6.45) is 0.420. The fourth-order valence-electron chi connectivity index (χ4n) is 2.37. The van der Waals surface area contributed by atoms with E-state index in [0.29, 0.717) is 91.9 Å². The normalized spacial score (nSPS) is 23.4. The van der Waals surface area contributed by atoms with E-state index in [1.54, 1.807) is 0 Å². The molecule has 10 heteroatoms. The molecule has 0 aromatic carbocycles. The van der Waals surface area contributed by atoms with Crippen LogP contribution in [0.25, 0.3) is 0 Å². The lowest BCUT2D eigenvalue weighted by atomic mass is 10.2. The smallest absolute Gasteiger partial charge is 0.272 e. The Balaban J connectivity index is 2.59. The molecule has 0 aromatic heterocycles. The van der Waals surface area contributed by atoms with Crippen LogP contribution in [0.5, 0.6) is 0 Å². The van der Waals surface area contributed by atoms with Gasteiger partial charge < -0.3 is 28.2 Å². The van der Waals surface area contributed by atoms with Crippen LogP contribution in [0.15, 0.2) is 0 Å². The van der Waals surface area contributed by atoms with Crippen LogP contribution in [-0.2, 0) is 32.8 Å². The molecule has 1 unspecified atom stereocenters. The Morgan fingerprint density at radius 1 is 0.821 bits per heavy atom. The van der Waals surface area contributed by atoms with Gasteiger partial charge in [0, 0.05) is 24.0 Å². The zero-order chi connectivity index (χ0) is 20.7. The van der Waals surface area contributed by atoms with Gasteiger partial charge in [-0.25, -0.2) is 4.67 Å². The van der Waals surface area contributed by atoms with Gasteiger partial charge in [0.2, 0.25) is 0 Å². The van der Waals surface area contributed by atoms with Gasteiger partial charge in [0.15, 0.2) is 0 Å². The maximum absolute atomic E-state index is 13.4. The molecule has 168 valence electrons. The molecule has 0 amide bonds. The Morgan fingerprint density at radius 2 is 1.18 bits per heavy atom. The Bertz CT molecular complexity index is 419. The van der Waals surface area contributed by atoms with Crippen molar-refractivity contribution in [2.75, 3.05) is 91.9 Å². The van der Waals surface area contributed by atoms with Crippen molar-refractivity contribution in [1.82, 2.24) is 4.67 Å². The topological polar surface area (TPSA) is 75.7 Å². The molecule has 0 aromatic rings. The average molecular weight is 444 g/mol. The van der Waals surface area contributed by atoms with E-state index >= 15 is 0 Å². The maximum atomic E-state index is 13.4. The van der Waals surface area contributed by atoms with Crippen molar-refractivity contribution < 1.29 is 32.8 Å². The lowest BCUT2D eigenvalue weighted by Gasteiger charge is -2.32. The zero-order valence-electron chi connectivity index (χ0n) is 17.6.